The summed E-state index contributed by atoms with van der Waals surface area (Å²) in [4.78, 5) is 9.54. The molecule has 0 aromatic carbocycles. The molecule has 0 saturated carbocycles. The fraction of sp³-hybridized carbons (Fsp3) is 0.500. The van der Waals surface area contributed by atoms with Gasteiger partial charge in [0.25, 0.3) is 0 Å². The van der Waals surface area contributed by atoms with Crippen molar-refractivity contribution in [3.05, 3.63) is 41.5 Å². The summed E-state index contributed by atoms with van der Waals surface area (Å²) in [6.07, 6.45) is 15.0. The molecule has 1 atom stereocenters. The normalized spacial score (nSPS) is 14.6. The van der Waals surface area contributed by atoms with Crippen molar-refractivity contribution in [2.45, 2.75) is 33.1 Å². The van der Waals surface area contributed by atoms with Gasteiger partial charge >= 0.3 is 0 Å². The number of nitrogens with zero attached hydrogens (tertiary/aromatic N) is 3. The quantitative estimate of drug-likeness (QED) is 0.256. The minimum atomic E-state index is 0.457. The Morgan fingerprint density at radius 3 is 2.62 bits per heavy atom. The maximum absolute atomic E-state index is 9.54. The highest BCUT2D eigenvalue weighted by Crippen LogP contribution is 2.02. The first-order valence-corrected chi connectivity index (χ1v) is 5.52. The van der Waals surface area contributed by atoms with E-state index in [-0.39, 0.29) is 0 Å². The van der Waals surface area contributed by atoms with Gasteiger partial charge in [0.1, 0.15) is 5.29 Å². The van der Waals surface area contributed by atoms with Gasteiger partial charge in [-0.05, 0) is 24.0 Å². The van der Waals surface area contributed by atoms with Crippen LogP contribution in [-0.2, 0) is 0 Å². The van der Waals surface area contributed by atoms with Crippen LogP contribution < -0.4 is 0 Å². The standard InChI is InChI=1S/C12H19N3O/c1-3-4-6-9-12(2)10-7-5-8-11-13-14-15-16/h6-12H,3-5H2,1-2H3/b9-6?,10-7+,11-8+,14-13?/t12-/m1/s1. The van der Waals surface area contributed by atoms with Crippen LogP contribution in [0, 0.1) is 10.8 Å². The second kappa shape index (κ2) is 11.5. The van der Waals surface area contributed by atoms with Crippen LogP contribution >= 0.6 is 0 Å². The zero-order chi connectivity index (χ0) is 12.1. The lowest BCUT2D eigenvalue weighted by molar-refractivity contribution is 0.898. The monoisotopic (exact) mass is 221 g/mol. The fourth-order valence-electron chi connectivity index (χ4n) is 1.07. The average molecular weight is 221 g/mol. The van der Waals surface area contributed by atoms with Crippen molar-refractivity contribution in [1.82, 2.24) is 0 Å². The molecule has 0 aromatic heterocycles. The topological polar surface area (TPSA) is 54.1 Å². The van der Waals surface area contributed by atoms with Gasteiger partial charge in [0.05, 0.1) is 0 Å². The second-order valence-electron chi connectivity index (χ2n) is 3.41. The molecule has 0 saturated heterocycles. The summed E-state index contributed by atoms with van der Waals surface area (Å²) in [5, 5.41) is 8.56. The van der Waals surface area contributed by atoms with Gasteiger partial charge in [0.15, 0.2) is 0 Å². The number of hydrogen-bond acceptors (Lipinski definition) is 2. The Hall–Kier alpha value is -1.58. The van der Waals surface area contributed by atoms with Crippen LogP contribution in [0.1, 0.15) is 33.1 Å². The third-order valence-corrected chi connectivity index (χ3v) is 1.87. The molecular formula is C12H19N3O. The Balaban J connectivity index is 3.70. The number of rotatable bonds is 8. The lowest BCUT2D eigenvalue weighted by atomic mass is 10.1. The molecule has 0 aromatic rings. The molecule has 0 aliphatic rings. The molecule has 16 heavy (non-hydrogen) atoms. The van der Waals surface area contributed by atoms with Gasteiger partial charge in [-0.25, -0.2) is 0 Å². The van der Waals surface area contributed by atoms with Crippen LogP contribution in [0.25, 0.3) is 0 Å². The smallest absolute Gasteiger partial charge is 0.100 e. The molecule has 0 unspecified atom stereocenters. The third-order valence-electron chi connectivity index (χ3n) is 1.87. The van der Waals surface area contributed by atoms with Gasteiger partial charge in [-0.2, -0.15) is 0 Å². The maximum atomic E-state index is 9.54. The van der Waals surface area contributed by atoms with Crippen molar-refractivity contribution in [2.75, 3.05) is 0 Å². The van der Waals surface area contributed by atoms with Gasteiger partial charge in [-0.1, -0.05) is 50.6 Å². The number of unbranched alkanes of at least 4 members (excludes halogenated alkanes) is 1. The summed E-state index contributed by atoms with van der Waals surface area (Å²) in [7, 11) is 0. The van der Waals surface area contributed by atoms with Gasteiger partial charge in [0.2, 0.25) is 0 Å². The van der Waals surface area contributed by atoms with E-state index in [0.717, 1.165) is 12.8 Å². The van der Waals surface area contributed by atoms with Crippen molar-refractivity contribution in [3.8, 4) is 0 Å². The number of allylic oxidation sites excluding steroid dienone is 5. The molecule has 0 N–H and O–H groups in total. The minimum absolute atomic E-state index is 0.457. The SMILES string of the molecule is CCCC=C[C@@H](C)/C=C/C/C=C/N=NN=O. The van der Waals surface area contributed by atoms with Gasteiger partial charge < -0.3 is 0 Å². The highest BCUT2D eigenvalue weighted by atomic mass is 16.3. The van der Waals surface area contributed by atoms with Crippen LogP contribution in [-0.4, -0.2) is 0 Å². The minimum Gasteiger partial charge on any atom is -0.136 e. The predicted octanol–water partition coefficient (Wildman–Crippen LogP) is 4.57. The zero-order valence-electron chi connectivity index (χ0n) is 9.91. The van der Waals surface area contributed by atoms with E-state index in [0.29, 0.717) is 5.92 Å². The summed E-state index contributed by atoms with van der Waals surface area (Å²) in [5.41, 5.74) is 0. The van der Waals surface area contributed by atoms with E-state index in [2.05, 4.69) is 53.8 Å². The van der Waals surface area contributed by atoms with E-state index < -0.39 is 0 Å². The van der Waals surface area contributed by atoms with E-state index in [1.54, 1.807) is 0 Å². The Kier molecular flexibility index (Phi) is 10.4. The Labute approximate surface area is 96.8 Å². The Morgan fingerprint density at radius 1 is 1.19 bits per heavy atom. The lowest BCUT2D eigenvalue weighted by Gasteiger charge is -1.96. The van der Waals surface area contributed by atoms with E-state index in [1.165, 1.54) is 12.6 Å². The molecule has 0 heterocycles. The van der Waals surface area contributed by atoms with Crippen molar-refractivity contribution >= 4 is 0 Å². The number of hydrogen-bond donors (Lipinski definition) is 0. The van der Waals surface area contributed by atoms with Crippen molar-refractivity contribution in [3.63, 3.8) is 0 Å². The summed E-state index contributed by atoms with van der Waals surface area (Å²) >= 11 is 0. The molecule has 0 radical (unpaired) electrons. The summed E-state index contributed by atoms with van der Waals surface area (Å²) in [5.74, 6) is 0.457. The third kappa shape index (κ3) is 10.5. The molecule has 88 valence electrons. The average Bonchev–Trinajstić information content (AvgIpc) is 2.28. The van der Waals surface area contributed by atoms with Gasteiger partial charge in [-0.15, -0.1) is 10.0 Å². The first kappa shape index (κ1) is 14.4. The Morgan fingerprint density at radius 2 is 1.94 bits per heavy atom. The molecule has 0 spiro atoms. The van der Waals surface area contributed by atoms with Crippen LogP contribution in [0.3, 0.4) is 0 Å². The second-order valence-corrected chi connectivity index (χ2v) is 3.41. The first-order valence-electron chi connectivity index (χ1n) is 5.52. The van der Waals surface area contributed by atoms with Crippen LogP contribution in [0.4, 0.5) is 0 Å². The summed E-state index contributed by atoms with van der Waals surface area (Å²) in [6, 6.07) is 0. The molecule has 0 bridgehead atoms. The van der Waals surface area contributed by atoms with E-state index in [1.807, 2.05) is 6.08 Å². The lowest BCUT2D eigenvalue weighted by Crippen LogP contribution is -1.81. The molecule has 4 nitrogen and oxygen atoms in total. The van der Waals surface area contributed by atoms with E-state index in [4.69, 9.17) is 0 Å². The van der Waals surface area contributed by atoms with Crippen molar-refractivity contribution in [2.24, 2.45) is 21.5 Å². The highest BCUT2D eigenvalue weighted by molar-refractivity contribution is 5.00. The zero-order valence-corrected chi connectivity index (χ0v) is 9.91. The van der Waals surface area contributed by atoms with Gasteiger partial charge in [-0.3, -0.25) is 0 Å². The Bertz CT molecular complexity index is 280. The van der Waals surface area contributed by atoms with E-state index >= 15 is 0 Å². The summed E-state index contributed by atoms with van der Waals surface area (Å²) in [6.45, 7) is 4.31. The number of nitroso groups, excluding NO2 is 1. The summed E-state index contributed by atoms with van der Waals surface area (Å²) < 4.78 is 0. The largest absolute Gasteiger partial charge is 0.136 e. The highest BCUT2D eigenvalue weighted by Gasteiger charge is 1.87. The van der Waals surface area contributed by atoms with Crippen LogP contribution in [0.5, 0.6) is 0 Å². The molecule has 0 fully saturated rings. The van der Waals surface area contributed by atoms with E-state index in [9.17, 15) is 4.91 Å². The molecule has 0 amide bonds. The van der Waals surface area contributed by atoms with Crippen LogP contribution in [0.2, 0.25) is 0 Å². The van der Waals surface area contributed by atoms with Crippen LogP contribution in [0.15, 0.2) is 52.2 Å². The molecule has 4 heteroatoms. The van der Waals surface area contributed by atoms with Crippen molar-refractivity contribution < 1.29 is 0 Å². The van der Waals surface area contributed by atoms with Gasteiger partial charge in [0, 0.05) is 6.20 Å². The molecular weight excluding hydrogens is 202 g/mol. The maximum Gasteiger partial charge on any atom is 0.100 e. The molecule has 0 rings (SSSR count). The molecule has 0 aliphatic heterocycles. The predicted molar refractivity (Wildman–Crippen MR) is 66.8 cm³/mol. The molecule has 0 aliphatic carbocycles. The van der Waals surface area contributed by atoms with Crippen molar-refractivity contribution in [1.29, 1.82) is 0 Å². The first-order chi connectivity index (χ1) is 7.81. The fourth-order valence-corrected chi connectivity index (χ4v) is 1.07.